The van der Waals surface area contributed by atoms with Crippen molar-refractivity contribution < 1.29 is 18.8 Å². The molecule has 3 unspecified atom stereocenters. The first-order valence-corrected chi connectivity index (χ1v) is 14.2. The van der Waals surface area contributed by atoms with Crippen molar-refractivity contribution in [3.63, 3.8) is 0 Å². The van der Waals surface area contributed by atoms with Gasteiger partial charge in [-0.05, 0) is 30.5 Å². The molecule has 5 heterocycles. The first kappa shape index (κ1) is 26.0. The molecule has 3 atom stereocenters. The van der Waals surface area contributed by atoms with Crippen molar-refractivity contribution in [2.24, 2.45) is 17.3 Å². The maximum absolute atomic E-state index is 14.4. The summed E-state index contributed by atoms with van der Waals surface area (Å²) in [6.45, 7) is 6.35. The summed E-state index contributed by atoms with van der Waals surface area (Å²) in [5.74, 6) is -0.983. The van der Waals surface area contributed by atoms with Gasteiger partial charge in [-0.1, -0.05) is 23.1 Å². The molecule has 0 radical (unpaired) electrons. The SMILES string of the molecule is Cc1nc(C#N)cc(-c2ccnc3cc(CN4C(=O)C5C(C4=O)C5(C)C)sc23)c1C(=O)N1CCC(F)(P)CC1. The Balaban J connectivity index is 1.38. The van der Waals surface area contributed by atoms with E-state index < -0.39 is 5.41 Å². The Morgan fingerprint density at radius 3 is 2.51 bits per heavy atom. The molecule has 0 spiro atoms. The molecule has 39 heavy (non-hydrogen) atoms. The van der Waals surface area contributed by atoms with Gasteiger partial charge >= 0.3 is 0 Å². The molecule has 8 nitrogen and oxygen atoms in total. The molecule has 1 saturated carbocycles. The summed E-state index contributed by atoms with van der Waals surface area (Å²) in [5, 5.41) is 8.25. The molecule has 2 saturated heterocycles. The van der Waals surface area contributed by atoms with E-state index in [0.717, 1.165) is 9.58 Å². The Bertz CT molecular complexity index is 1590. The summed E-state index contributed by atoms with van der Waals surface area (Å²) in [4.78, 5) is 52.1. The maximum Gasteiger partial charge on any atom is 0.256 e. The lowest BCUT2D eigenvalue weighted by atomic mass is 9.96. The lowest BCUT2D eigenvalue weighted by molar-refractivity contribution is -0.143. The van der Waals surface area contributed by atoms with Gasteiger partial charge < -0.3 is 4.90 Å². The van der Waals surface area contributed by atoms with Gasteiger partial charge in [-0.3, -0.25) is 24.3 Å². The van der Waals surface area contributed by atoms with Crippen LogP contribution >= 0.6 is 20.6 Å². The van der Waals surface area contributed by atoms with Gasteiger partial charge in [-0.25, -0.2) is 9.37 Å². The van der Waals surface area contributed by atoms with Crippen LogP contribution in [0.1, 0.15) is 53.3 Å². The highest BCUT2D eigenvalue weighted by Crippen LogP contribution is 2.63. The summed E-state index contributed by atoms with van der Waals surface area (Å²) in [6.07, 6.45) is 2.09. The number of thiophene rings is 1. The minimum Gasteiger partial charge on any atom is -0.338 e. The second-order valence-corrected chi connectivity index (χ2v) is 13.5. The predicted octanol–water partition coefficient (Wildman–Crippen LogP) is 4.46. The van der Waals surface area contributed by atoms with Crippen molar-refractivity contribution in [3.05, 3.63) is 46.2 Å². The number of imide groups is 1. The smallest absolute Gasteiger partial charge is 0.256 e. The average Bonchev–Trinajstić information content (AvgIpc) is 3.13. The number of hydrogen-bond acceptors (Lipinski definition) is 7. The number of aromatic nitrogens is 2. The fourth-order valence-electron chi connectivity index (χ4n) is 6.05. The number of rotatable bonds is 4. The van der Waals surface area contributed by atoms with Crippen molar-refractivity contribution >= 4 is 48.5 Å². The molecule has 3 amide bonds. The van der Waals surface area contributed by atoms with Crippen molar-refractivity contribution in [1.29, 1.82) is 5.26 Å². The highest BCUT2D eigenvalue weighted by molar-refractivity contribution is 7.19. The predicted molar refractivity (Wildman–Crippen MR) is 147 cm³/mol. The highest BCUT2D eigenvalue weighted by Gasteiger charge is 2.72. The summed E-state index contributed by atoms with van der Waals surface area (Å²) >= 11 is 1.41. The molecule has 3 aromatic heterocycles. The molecule has 3 aliphatic rings. The molecule has 1 aliphatic carbocycles. The zero-order valence-corrected chi connectivity index (χ0v) is 23.8. The molecular weight excluding hydrogens is 536 g/mol. The first-order chi connectivity index (χ1) is 18.4. The Labute approximate surface area is 231 Å². The maximum atomic E-state index is 14.4. The van der Waals surface area contributed by atoms with Gasteiger partial charge in [-0.2, -0.15) is 5.26 Å². The van der Waals surface area contributed by atoms with Crippen LogP contribution in [0, 0.1) is 35.5 Å². The number of nitrogens with zero attached hydrogens (tertiary/aromatic N) is 5. The topological polar surface area (TPSA) is 107 Å². The van der Waals surface area contributed by atoms with Crippen LogP contribution < -0.4 is 0 Å². The summed E-state index contributed by atoms with van der Waals surface area (Å²) in [7, 11) is 2.24. The molecular formula is C28H27FN5O3PS. The van der Waals surface area contributed by atoms with Crippen molar-refractivity contribution in [2.45, 2.75) is 45.6 Å². The van der Waals surface area contributed by atoms with Crippen LogP contribution in [-0.2, 0) is 16.1 Å². The third-order valence-electron chi connectivity index (χ3n) is 8.37. The second-order valence-electron chi connectivity index (χ2n) is 11.3. The number of carbonyl (C=O) groups excluding carboxylic acids is 3. The van der Waals surface area contributed by atoms with Crippen LogP contribution in [0.5, 0.6) is 0 Å². The minimum absolute atomic E-state index is 0.124. The van der Waals surface area contributed by atoms with E-state index in [-0.39, 0.29) is 73.1 Å². The van der Waals surface area contributed by atoms with E-state index in [1.807, 2.05) is 19.9 Å². The number of aryl methyl sites for hydroxylation is 1. The van der Waals surface area contributed by atoms with Gasteiger partial charge in [0.1, 0.15) is 17.2 Å². The van der Waals surface area contributed by atoms with E-state index >= 15 is 0 Å². The standard InChI is InChI=1S/C28H27FN5O3PS/c1-14-20(24(35)33-8-5-28(29,38)6-9-33)18(10-15(12-30)32-14)17-4-7-31-19-11-16(39-23(17)19)13-34-25(36)21-22(26(34)37)27(21,2)3/h4,7,10-11,21-22H,5-6,8-9,13,38H2,1-3H3. The molecule has 0 aromatic carbocycles. The molecule has 2 aliphatic heterocycles. The van der Waals surface area contributed by atoms with Crippen molar-refractivity contribution in [1.82, 2.24) is 19.8 Å². The normalized spacial score (nSPS) is 23.2. The van der Waals surface area contributed by atoms with Gasteiger partial charge in [0, 0.05) is 48.1 Å². The number of pyridine rings is 2. The van der Waals surface area contributed by atoms with E-state index in [1.54, 1.807) is 30.2 Å². The van der Waals surface area contributed by atoms with E-state index in [9.17, 15) is 24.0 Å². The van der Waals surface area contributed by atoms with E-state index in [1.165, 1.54) is 16.2 Å². The first-order valence-electron chi connectivity index (χ1n) is 12.8. The number of piperidine rings is 2. The summed E-state index contributed by atoms with van der Waals surface area (Å²) in [5.41, 5.74) is 2.66. The van der Waals surface area contributed by atoms with Crippen LogP contribution in [0.15, 0.2) is 24.4 Å². The third-order valence-corrected chi connectivity index (χ3v) is 10.1. The quantitative estimate of drug-likeness (QED) is 0.343. The second kappa shape index (κ2) is 8.87. The number of fused-ring (bicyclic) bond motifs is 2. The van der Waals surface area contributed by atoms with Crippen LogP contribution in [0.2, 0.25) is 0 Å². The van der Waals surface area contributed by atoms with Gasteiger partial charge in [0.15, 0.2) is 0 Å². The molecule has 3 fully saturated rings. The van der Waals surface area contributed by atoms with Crippen LogP contribution in [0.25, 0.3) is 21.3 Å². The largest absolute Gasteiger partial charge is 0.338 e. The van der Waals surface area contributed by atoms with E-state index in [0.29, 0.717) is 27.9 Å². The van der Waals surface area contributed by atoms with Gasteiger partial charge in [0.2, 0.25) is 11.8 Å². The molecule has 11 heteroatoms. The van der Waals surface area contributed by atoms with Crippen molar-refractivity contribution in [3.8, 4) is 17.2 Å². The third kappa shape index (κ3) is 4.14. The fraction of sp³-hybridized carbons (Fsp3) is 0.429. The van der Waals surface area contributed by atoms with Gasteiger partial charge in [0.25, 0.3) is 5.91 Å². The van der Waals surface area contributed by atoms with E-state index in [2.05, 4.69) is 25.3 Å². The fourth-order valence-corrected chi connectivity index (χ4v) is 7.43. The van der Waals surface area contributed by atoms with Gasteiger partial charge in [0.05, 0.1) is 39.9 Å². The monoisotopic (exact) mass is 563 g/mol. The highest BCUT2D eigenvalue weighted by atomic mass is 32.1. The number of halogens is 1. The molecule has 0 N–H and O–H groups in total. The van der Waals surface area contributed by atoms with E-state index in [4.69, 9.17) is 0 Å². The Morgan fingerprint density at radius 2 is 1.87 bits per heavy atom. The Kier molecular flexibility index (Phi) is 5.91. The minimum atomic E-state index is -1.38. The Hall–Kier alpha value is -3.28. The Morgan fingerprint density at radius 1 is 1.21 bits per heavy atom. The average molecular weight is 564 g/mol. The number of likely N-dealkylation sites (tertiary alicyclic amines) is 2. The zero-order valence-electron chi connectivity index (χ0n) is 21.8. The van der Waals surface area contributed by atoms with Crippen molar-refractivity contribution in [2.75, 3.05) is 13.1 Å². The van der Waals surface area contributed by atoms with Crippen LogP contribution in [0.4, 0.5) is 4.39 Å². The number of alkyl halides is 1. The zero-order chi connectivity index (χ0) is 27.9. The lowest BCUT2D eigenvalue weighted by Gasteiger charge is -2.34. The van der Waals surface area contributed by atoms with Crippen LogP contribution in [-0.4, -0.2) is 56.0 Å². The molecule has 3 aromatic rings. The van der Waals surface area contributed by atoms with Crippen LogP contribution in [0.3, 0.4) is 0 Å². The number of nitriles is 1. The van der Waals surface area contributed by atoms with Gasteiger partial charge in [-0.15, -0.1) is 11.3 Å². The number of carbonyl (C=O) groups is 3. The number of hydrogen-bond donors (Lipinski definition) is 0. The molecule has 6 rings (SSSR count). The summed E-state index contributed by atoms with van der Waals surface area (Å²) < 4.78 is 15.2. The lowest BCUT2D eigenvalue weighted by Crippen LogP contribution is -2.42. The molecule has 0 bridgehead atoms. The number of amides is 3. The molecule has 200 valence electrons. The summed E-state index contributed by atoms with van der Waals surface area (Å²) in [6, 6.07) is 7.35.